The van der Waals surface area contributed by atoms with Gasteiger partial charge in [0.05, 0.1) is 35.3 Å². The summed E-state index contributed by atoms with van der Waals surface area (Å²) in [5.74, 6) is -0.487. The van der Waals surface area contributed by atoms with Crippen molar-refractivity contribution in [2.75, 3.05) is 23.1 Å². The van der Waals surface area contributed by atoms with E-state index >= 15 is 0 Å². The molecule has 0 fully saturated rings. The lowest BCUT2D eigenvalue weighted by atomic mass is 9.68. The number of thioether (sulfide) groups is 1. The topological polar surface area (TPSA) is 177 Å². The summed E-state index contributed by atoms with van der Waals surface area (Å²) >= 11 is 2.31. The Morgan fingerprint density at radius 1 is 1.28 bits per heavy atom. The normalized spacial score (nSPS) is 17.8. The number of Topliss-reactive ketones (excluding diaryl/α,β-unsaturated/α-hetero) is 1. The number of aromatic nitrogens is 2. The average molecular weight is 618 g/mol. The number of nitro groups is 1. The minimum atomic E-state index is -0.699. The number of ketones is 1. The number of nitrogens with zero attached hydrogens (tertiary/aromatic N) is 5. The molecule has 0 saturated heterocycles. The number of rotatable bonds is 8. The Hall–Kier alpha value is -4.74. The van der Waals surface area contributed by atoms with Crippen LogP contribution in [-0.4, -0.2) is 39.7 Å². The smallest absolute Gasteiger partial charge is 0.271 e. The molecule has 1 atom stereocenters. The van der Waals surface area contributed by atoms with Gasteiger partial charge in [-0.1, -0.05) is 61.2 Å². The quantitative estimate of drug-likeness (QED) is 0.195. The van der Waals surface area contributed by atoms with Crippen LogP contribution in [0.5, 0.6) is 5.75 Å². The van der Waals surface area contributed by atoms with E-state index in [4.69, 9.17) is 10.5 Å². The summed E-state index contributed by atoms with van der Waals surface area (Å²) in [5, 5.41) is 32.9. The van der Waals surface area contributed by atoms with E-state index in [9.17, 15) is 25.0 Å². The second-order valence-corrected chi connectivity index (χ2v) is 12.9. The number of allylic oxidation sites excluding steroid dienone is 3. The number of ether oxygens (including phenoxy) is 1. The van der Waals surface area contributed by atoms with E-state index in [1.807, 2.05) is 32.0 Å². The Bertz CT molecular complexity index is 1740. The van der Waals surface area contributed by atoms with Crippen molar-refractivity contribution in [1.29, 1.82) is 5.26 Å². The van der Waals surface area contributed by atoms with Crippen LogP contribution in [-0.2, 0) is 9.59 Å². The molecule has 2 aliphatic rings. The second-order valence-electron chi connectivity index (χ2n) is 10.7. The molecule has 1 unspecified atom stereocenters. The number of non-ortho nitro benzene ring substituents is 1. The van der Waals surface area contributed by atoms with Crippen LogP contribution in [0.2, 0.25) is 0 Å². The number of hydrogen-bond acceptors (Lipinski definition) is 12. The standard InChI is InChI=1S/C29H27N7O5S2/c1-29(2)12-20-25(21(37)13-29)24(18-9-4-5-10-22(18)41-3)19(14-30)26(31)35(20)27-33-34-28(43-27)42-15-23(38)32-16-7-6-8-17(11-16)36(39)40/h4-11,24H,12-13,15,31H2,1-3H3,(H,32,38). The molecule has 14 heteroatoms. The zero-order valence-corrected chi connectivity index (χ0v) is 25.1. The molecular formula is C29H27N7O5S2. The largest absolute Gasteiger partial charge is 0.496 e. The number of carbonyl (C=O) groups is 2. The summed E-state index contributed by atoms with van der Waals surface area (Å²) in [6.45, 7) is 4.01. The Balaban J connectivity index is 1.45. The number of amides is 1. The van der Waals surface area contributed by atoms with Crippen LogP contribution in [0.1, 0.15) is 38.2 Å². The first kappa shape index (κ1) is 29.7. The Kier molecular flexibility index (Phi) is 8.21. The van der Waals surface area contributed by atoms with Gasteiger partial charge in [0.1, 0.15) is 11.6 Å². The molecular weight excluding hydrogens is 590 g/mol. The SMILES string of the molecule is COc1ccccc1C1C(C#N)=C(N)N(c2nnc(SCC(=O)Nc3cccc([N+](=O)[O-])c3)s2)C2=C1C(=O)CC(C)(C)C2. The highest BCUT2D eigenvalue weighted by atomic mass is 32.2. The van der Waals surface area contributed by atoms with Gasteiger partial charge in [-0.3, -0.25) is 24.6 Å². The summed E-state index contributed by atoms with van der Waals surface area (Å²) in [4.78, 5) is 38.4. The fourth-order valence-electron chi connectivity index (χ4n) is 5.32. The van der Waals surface area contributed by atoms with Crippen LogP contribution in [0, 0.1) is 26.9 Å². The van der Waals surface area contributed by atoms with Crippen molar-refractivity contribution in [2.45, 2.75) is 36.9 Å². The summed E-state index contributed by atoms with van der Waals surface area (Å²) in [6.07, 6.45) is 0.813. The predicted molar refractivity (Wildman–Crippen MR) is 162 cm³/mol. The molecule has 1 aliphatic heterocycles. The highest BCUT2D eigenvalue weighted by molar-refractivity contribution is 8.01. The highest BCUT2D eigenvalue weighted by Crippen LogP contribution is 2.52. The first-order valence-electron chi connectivity index (χ1n) is 13.1. The molecule has 220 valence electrons. The van der Waals surface area contributed by atoms with Gasteiger partial charge in [0.15, 0.2) is 10.1 Å². The number of nitrogens with one attached hydrogen (secondary N) is 1. The Labute approximate surface area is 255 Å². The predicted octanol–water partition coefficient (Wildman–Crippen LogP) is 5.13. The van der Waals surface area contributed by atoms with Gasteiger partial charge < -0.3 is 15.8 Å². The molecule has 0 bridgehead atoms. The molecule has 2 aromatic carbocycles. The zero-order chi connectivity index (χ0) is 30.9. The molecule has 12 nitrogen and oxygen atoms in total. The summed E-state index contributed by atoms with van der Waals surface area (Å²) in [6, 6.07) is 15.2. The summed E-state index contributed by atoms with van der Waals surface area (Å²) in [5.41, 5.74) is 8.52. The lowest BCUT2D eigenvalue weighted by Crippen LogP contribution is -2.42. The van der Waals surface area contributed by atoms with E-state index < -0.39 is 10.8 Å². The number of benzene rings is 2. The lowest BCUT2D eigenvalue weighted by Gasteiger charge is -2.42. The number of hydrogen-bond donors (Lipinski definition) is 2. The van der Waals surface area contributed by atoms with Gasteiger partial charge in [0.25, 0.3) is 5.69 Å². The summed E-state index contributed by atoms with van der Waals surface area (Å²) < 4.78 is 6.06. The second kappa shape index (κ2) is 11.9. The highest BCUT2D eigenvalue weighted by Gasteiger charge is 2.46. The minimum Gasteiger partial charge on any atom is -0.496 e. The number of carbonyl (C=O) groups excluding carboxylic acids is 2. The summed E-state index contributed by atoms with van der Waals surface area (Å²) in [7, 11) is 1.54. The van der Waals surface area contributed by atoms with Crippen molar-refractivity contribution >= 4 is 51.3 Å². The number of anilines is 2. The first-order valence-corrected chi connectivity index (χ1v) is 14.9. The number of nitro benzene ring substituents is 1. The number of methoxy groups -OCH3 is 1. The molecule has 0 saturated carbocycles. The molecule has 2 heterocycles. The van der Waals surface area contributed by atoms with E-state index in [2.05, 4.69) is 21.6 Å². The van der Waals surface area contributed by atoms with Crippen molar-refractivity contribution in [3.05, 3.63) is 86.9 Å². The fourth-order valence-corrected chi connectivity index (χ4v) is 7.00. The maximum absolute atomic E-state index is 13.7. The van der Waals surface area contributed by atoms with E-state index in [0.29, 0.717) is 50.6 Å². The van der Waals surface area contributed by atoms with Crippen LogP contribution in [0.4, 0.5) is 16.5 Å². The van der Waals surface area contributed by atoms with Crippen LogP contribution in [0.3, 0.4) is 0 Å². The van der Waals surface area contributed by atoms with Crippen LogP contribution < -0.4 is 20.7 Å². The van der Waals surface area contributed by atoms with Gasteiger partial charge in [-0.2, -0.15) is 5.26 Å². The minimum absolute atomic E-state index is 0.0264. The molecule has 1 aliphatic carbocycles. The first-order chi connectivity index (χ1) is 20.5. The van der Waals surface area contributed by atoms with Gasteiger partial charge in [-0.25, -0.2) is 0 Å². The molecule has 0 radical (unpaired) electrons. The maximum atomic E-state index is 13.7. The van der Waals surface area contributed by atoms with E-state index in [1.165, 1.54) is 29.5 Å². The third kappa shape index (κ3) is 5.95. The molecule has 1 aromatic heterocycles. The van der Waals surface area contributed by atoms with Crippen molar-refractivity contribution < 1.29 is 19.2 Å². The fraction of sp³-hybridized carbons (Fsp3) is 0.276. The molecule has 3 N–H and O–H groups in total. The maximum Gasteiger partial charge on any atom is 0.271 e. The third-order valence-corrected chi connectivity index (χ3v) is 9.13. The van der Waals surface area contributed by atoms with Gasteiger partial charge in [-0.15, -0.1) is 10.2 Å². The number of nitriles is 1. The molecule has 0 spiro atoms. The monoisotopic (exact) mass is 617 g/mol. The van der Waals surface area contributed by atoms with Gasteiger partial charge in [0, 0.05) is 41.1 Å². The zero-order valence-electron chi connectivity index (χ0n) is 23.5. The Morgan fingerprint density at radius 3 is 2.77 bits per heavy atom. The van der Waals surface area contributed by atoms with E-state index in [0.717, 1.165) is 11.8 Å². The van der Waals surface area contributed by atoms with Crippen LogP contribution in [0.15, 0.2) is 75.5 Å². The number of nitrogens with two attached hydrogens (primary N) is 1. The molecule has 1 amide bonds. The molecule has 5 rings (SSSR count). The lowest BCUT2D eigenvalue weighted by molar-refractivity contribution is -0.384. The van der Waals surface area contributed by atoms with Crippen LogP contribution in [0.25, 0.3) is 0 Å². The van der Waals surface area contributed by atoms with Crippen molar-refractivity contribution in [3.8, 4) is 11.8 Å². The molecule has 3 aromatic rings. The van der Waals surface area contributed by atoms with E-state index in [-0.39, 0.29) is 39.9 Å². The van der Waals surface area contributed by atoms with Gasteiger partial charge in [0.2, 0.25) is 11.0 Å². The van der Waals surface area contributed by atoms with Gasteiger partial charge in [-0.05, 0) is 24.0 Å². The van der Waals surface area contributed by atoms with Crippen LogP contribution >= 0.6 is 23.1 Å². The van der Waals surface area contributed by atoms with E-state index in [1.54, 1.807) is 24.1 Å². The average Bonchev–Trinajstić information content (AvgIpc) is 3.43. The van der Waals surface area contributed by atoms with Crippen molar-refractivity contribution in [3.63, 3.8) is 0 Å². The van der Waals surface area contributed by atoms with Gasteiger partial charge >= 0.3 is 0 Å². The van der Waals surface area contributed by atoms with Crippen molar-refractivity contribution in [1.82, 2.24) is 10.2 Å². The Morgan fingerprint density at radius 2 is 2.05 bits per heavy atom. The number of para-hydroxylation sites is 1. The molecule has 43 heavy (non-hydrogen) atoms. The third-order valence-electron chi connectivity index (χ3n) is 7.09. The van der Waals surface area contributed by atoms with Crippen molar-refractivity contribution in [2.24, 2.45) is 11.1 Å².